The van der Waals surface area contributed by atoms with Crippen LogP contribution in [0.5, 0.6) is 5.75 Å². The molecule has 1 spiro atoms. The van der Waals surface area contributed by atoms with Gasteiger partial charge in [-0.05, 0) is 36.8 Å². The van der Waals surface area contributed by atoms with Crippen LogP contribution in [0.15, 0.2) is 18.2 Å². The first-order chi connectivity index (χ1) is 14.0. The lowest BCUT2D eigenvalue weighted by molar-refractivity contribution is 0.0705. The van der Waals surface area contributed by atoms with Crippen molar-refractivity contribution in [2.45, 2.75) is 38.6 Å². The highest BCUT2D eigenvalue weighted by atomic mass is 16.6. The number of nitrogens with one attached hydrogen (secondary N) is 1. The number of carbonyl (C=O) groups excluding carboxylic acids is 3. The molecule has 9 nitrogen and oxygen atoms in total. The summed E-state index contributed by atoms with van der Waals surface area (Å²) < 4.78 is 10.8. The SMILES string of the molecule is O=C(NO)c1ccc2c(c1)OCCN(C(=O)OC(=O)N1CCC3(CCCC3)C1)C2. The molecule has 0 aromatic heterocycles. The Labute approximate surface area is 168 Å². The van der Waals surface area contributed by atoms with E-state index in [4.69, 9.17) is 14.7 Å². The van der Waals surface area contributed by atoms with Gasteiger partial charge in [-0.3, -0.25) is 14.9 Å². The van der Waals surface area contributed by atoms with Crippen LogP contribution in [-0.2, 0) is 11.3 Å². The number of likely N-dealkylation sites (tertiary alicyclic amines) is 1. The van der Waals surface area contributed by atoms with E-state index in [2.05, 4.69) is 0 Å². The van der Waals surface area contributed by atoms with Gasteiger partial charge in [0.1, 0.15) is 12.4 Å². The minimum atomic E-state index is -0.698. The van der Waals surface area contributed by atoms with Crippen LogP contribution in [0, 0.1) is 5.41 Å². The second kappa shape index (κ2) is 7.90. The van der Waals surface area contributed by atoms with E-state index in [0.29, 0.717) is 24.4 Å². The Bertz CT molecular complexity index is 820. The predicted molar refractivity (Wildman–Crippen MR) is 101 cm³/mol. The van der Waals surface area contributed by atoms with Crippen molar-refractivity contribution in [3.8, 4) is 5.75 Å². The highest BCUT2D eigenvalue weighted by Crippen LogP contribution is 2.45. The topological polar surface area (TPSA) is 108 Å². The smallest absolute Gasteiger partial charge is 0.419 e. The van der Waals surface area contributed by atoms with Crippen molar-refractivity contribution >= 4 is 18.1 Å². The molecule has 1 aromatic rings. The third-order valence-corrected chi connectivity index (χ3v) is 6.20. The Morgan fingerprint density at radius 1 is 1.07 bits per heavy atom. The van der Waals surface area contributed by atoms with Gasteiger partial charge in [0.25, 0.3) is 5.91 Å². The van der Waals surface area contributed by atoms with Gasteiger partial charge in [-0.25, -0.2) is 15.1 Å². The van der Waals surface area contributed by atoms with Crippen LogP contribution >= 0.6 is 0 Å². The summed E-state index contributed by atoms with van der Waals surface area (Å²) in [6.45, 7) is 1.96. The molecule has 0 bridgehead atoms. The van der Waals surface area contributed by atoms with E-state index in [-0.39, 0.29) is 30.7 Å². The number of ether oxygens (including phenoxy) is 2. The van der Waals surface area contributed by atoms with Crippen molar-refractivity contribution in [2.24, 2.45) is 5.41 Å². The number of rotatable bonds is 1. The summed E-state index contributed by atoms with van der Waals surface area (Å²) in [5, 5.41) is 8.76. The van der Waals surface area contributed by atoms with E-state index in [1.54, 1.807) is 16.4 Å². The average Bonchev–Trinajstić information content (AvgIpc) is 3.31. The Morgan fingerprint density at radius 2 is 1.83 bits per heavy atom. The Hall–Kier alpha value is -2.81. The van der Waals surface area contributed by atoms with E-state index in [0.717, 1.165) is 19.3 Å². The summed E-state index contributed by atoms with van der Waals surface area (Å²) in [5.74, 6) is -0.191. The third kappa shape index (κ3) is 4.00. The van der Waals surface area contributed by atoms with Gasteiger partial charge < -0.3 is 14.4 Å². The fraction of sp³-hybridized carbons (Fsp3) is 0.550. The van der Waals surface area contributed by atoms with Gasteiger partial charge >= 0.3 is 12.2 Å². The fourth-order valence-corrected chi connectivity index (χ4v) is 4.56. The first-order valence-electron chi connectivity index (χ1n) is 9.95. The van der Waals surface area contributed by atoms with Gasteiger partial charge in [-0.1, -0.05) is 18.9 Å². The highest BCUT2D eigenvalue weighted by molar-refractivity contribution is 5.93. The molecule has 156 valence electrons. The van der Waals surface area contributed by atoms with Crippen molar-refractivity contribution in [3.05, 3.63) is 29.3 Å². The maximum Gasteiger partial charge on any atom is 0.419 e. The number of fused-ring (bicyclic) bond motifs is 1. The minimum absolute atomic E-state index is 0.201. The zero-order valence-corrected chi connectivity index (χ0v) is 16.2. The molecule has 2 aliphatic heterocycles. The second-order valence-corrected chi connectivity index (χ2v) is 8.05. The molecule has 0 atom stereocenters. The van der Waals surface area contributed by atoms with Gasteiger partial charge in [0.15, 0.2) is 0 Å². The van der Waals surface area contributed by atoms with Crippen LogP contribution in [0.3, 0.4) is 0 Å². The van der Waals surface area contributed by atoms with Gasteiger partial charge in [-0.15, -0.1) is 0 Å². The normalized spacial score (nSPS) is 20.0. The number of nitrogens with zero attached hydrogens (tertiary/aromatic N) is 2. The lowest BCUT2D eigenvalue weighted by Gasteiger charge is -2.24. The third-order valence-electron chi connectivity index (χ3n) is 6.20. The van der Waals surface area contributed by atoms with E-state index < -0.39 is 18.1 Å². The van der Waals surface area contributed by atoms with Crippen LogP contribution in [0.25, 0.3) is 0 Å². The largest absolute Gasteiger partial charge is 0.491 e. The molecule has 1 aromatic carbocycles. The molecule has 3 aliphatic rings. The van der Waals surface area contributed by atoms with E-state index in [9.17, 15) is 14.4 Å². The quantitative estimate of drug-likeness (QED) is 0.424. The fourth-order valence-electron chi connectivity index (χ4n) is 4.56. The zero-order valence-electron chi connectivity index (χ0n) is 16.2. The lowest BCUT2D eigenvalue weighted by Crippen LogP contribution is -2.39. The van der Waals surface area contributed by atoms with Crippen LogP contribution in [-0.4, -0.2) is 59.3 Å². The summed E-state index contributed by atoms with van der Waals surface area (Å²) in [6, 6.07) is 4.68. The van der Waals surface area contributed by atoms with Crippen LogP contribution in [0.2, 0.25) is 0 Å². The summed E-state index contributed by atoms with van der Waals surface area (Å²) in [5.41, 5.74) is 2.72. The summed E-state index contributed by atoms with van der Waals surface area (Å²) in [6.07, 6.45) is 4.39. The molecule has 9 heteroatoms. The van der Waals surface area contributed by atoms with E-state index >= 15 is 0 Å². The monoisotopic (exact) mass is 403 g/mol. The summed E-state index contributed by atoms with van der Waals surface area (Å²) in [7, 11) is 0. The average molecular weight is 403 g/mol. The lowest BCUT2D eigenvalue weighted by atomic mass is 9.86. The molecule has 0 radical (unpaired) electrons. The molecule has 3 amide bonds. The minimum Gasteiger partial charge on any atom is -0.491 e. The molecule has 1 aliphatic carbocycles. The van der Waals surface area contributed by atoms with Gasteiger partial charge in [-0.2, -0.15) is 0 Å². The number of hydrogen-bond donors (Lipinski definition) is 2. The molecule has 2 N–H and O–H groups in total. The maximum atomic E-state index is 12.6. The van der Waals surface area contributed by atoms with Crippen LogP contribution in [0.1, 0.15) is 48.0 Å². The first-order valence-corrected chi connectivity index (χ1v) is 9.95. The summed E-state index contributed by atoms with van der Waals surface area (Å²) in [4.78, 5) is 39.7. The maximum absolute atomic E-state index is 12.6. The van der Waals surface area contributed by atoms with Gasteiger partial charge in [0.05, 0.1) is 13.1 Å². The van der Waals surface area contributed by atoms with Crippen LogP contribution in [0.4, 0.5) is 9.59 Å². The van der Waals surface area contributed by atoms with Crippen molar-refractivity contribution in [1.29, 1.82) is 0 Å². The standard InChI is InChI=1S/C20H25N3O6/c24-17(21-27)14-3-4-15-12-22(9-10-28-16(15)11-14)18(25)29-19(26)23-8-7-20(13-23)5-1-2-6-20/h3-4,11,27H,1-2,5-10,12-13H2,(H,21,24). The molecule has 29 heavy (non-hydrogen) atoms. The number of hydroxylamine groups is 1. The van der Waals surface area contributed by atoms with Crippen molar-refractivity contribution in [2.75, 3.05) is 26.2 Å². The highest BCUT2D eigenvalue weighted by Gasteiger charge is 2.42. The summed E-state index contributed by atoms with van der Waals surface area (Å²) >= 11 is 0. The van der Waals surface area contributed by atoms with Crippen molar-refractivity contribution < 1.29 is 29.1 Å². The molecule has 0 unspecified atom stereocenters. The molecule has 4 rings (SSSR count). The van der Waals surface area contributed by atoms with Gasteiger partial charge in [0, 0.05) is 24.2 Å². The predicted octanol–water partition coefficient (Wildman–Crippen LogP) is 2.52. The number of benzene rings is 1. The Kier molecular flexibility index (Phi) is 5.31. The molecule has 2 heterocycles. The Morgan fingerprint density at radius 3 is 2.59 bits per heavy atom. The van der Waals surface area contributed by atoms with Crippen LogP contribution < -0.4 is 10.2 Å². The zero-order chi connectivity index (χ0) is 20.4. The molecular formula is C20H25N3O6. The second-order valence-electron chi connectivity index (χ2n) is 8.05. The van der Waals surface area contributed by atoms with Gasteiger partial charge in [0.2, 0.25) is 0 Å². The first kappa shape index (κ1) is 19.5. The molecule has 1 saturated carbocycles. The van der Waals surface area contributed by atoms with Crippen molar-refractivity contribution in [1.82, 2.24) is 15.3 Å². The molecular weight excluding hydrogens is 378 g/mol. The number of amides is 3. The van der Waals surface area contributed by atoms with E-state index in [1.807, 2.05) is 0 Å². The van der Waals surface area contributed by atoms with E-state index in [1.165, 1.54) is 29.9 Å². The van der Waals surface area contributed by atoms with Crippen molar-refractivity contribution in [3.63, 3.8) is 0 Å². The molecule has 1 saturated heterocycles. The number of carbonyl (C=O) groups is 3. The molecule has 2 fully saturated rings. The number of hydrogen-bond acceptors (Lipinski definition) is 6. The Balaban J connectivity index is 1.38.